The van der Waals surface area contributed by atoms with Crippen molar-refractivity contribution < 1.29 is 49.0 Å². The number of benzene rings is 2. The van der Waals surface area contributed by atoms with Crippen molar-refractivity contribution in [3.63, 3.8) is 0 Å². The average Bonchev–Trinajstić information content (AvgIpc) is 3.67. The predicted octanol–water partition coefficient (Wildman–Crippen LogP) is 7.06. The van der Waals surface area contributed by atoms with Crippen LogP contribution >= 0.6 is 0 Å². The first-order chi connectivity index (χ1) is 21.6. The van der Waals surface area contributed by atoms with E-state index in [9.17, 15) is 0 Å². The summed E-state index contributed by atoms with van der Waals surface area (Å²) in [5.41, 5.74) is 16.7. The molecule has 3 heteroatoms. The third kappa shape index (κ3) is 10.1. The van der Waals surface area contributed by atoms with Crippen LogP contribution in [0.15, 0.2) is 54.1 Å². The Morgan fingerprint density at radius 1 is 0.792 bits per heavy atom. The molecule has 0 aliphatic heterocycles. The molecule has 0 amide bonds. The Balaban J connectivity index is 0.000000317. The van der Waals surface area contributed by atoms with Gasteiger partial charge in [0.15, 0.2) is 0 Å². The number of allylic oxidation sites excluding steroid dienone is 8. The molecule has 0 atom stereocenters. The molecular weight excluding hydrogens is 703 g/mol. The van der Waals surface area contributed by atoms with Gasteiger partial charge in [-0.1, -0.05) is 89.1 Å². The van der Waals surface area contributed by atoms with Gasteiger partial charge in [-0.2, -0.15) is 17.2 Å². The fourth-order valence-electron chi connectivity index (χ4n) is 7.00. The van der Waals surface area contributed by atoms with Crippen LogP contribution in [0.2, 0.25) is 0 Å². The van der Waals surface area contributed by atoms with Crippen LogP contribution in [-0.4, -0.2) is 3.21 Å². The smallest absolute Gasteiger partial charge is 1.00 e. The second-order valence-electron chi connectivity index (χ2n) is 16.3. The molecule has 2 aromatic rings. The fourth-order valence-corrected chi connectivity index (χ4v) is 7.87. The van der Waals surface area contributed by atoms with Crippen LogP contribution in [0.25, 0.3) is 22.3 Å². The molecule has 4 aliphatic carbocycles. The summed E-state index contributed by atoms with van der Waals surface area (Å²) >= 11 is 1.67. The van der Waals surface area contributed by atoms with Gasteiger partial charge in [0.05, 0.1) is 0 Å². The van der Waals surface area contributed by atoms with Crippen molar-refractivity contribution in [2.24, 2.45) is 5.41 Å². The zero-order chi connectivity index (χ0) is 33.9. The summed E-state index contributed by atoms with van der Waals surface area (Å²) in [5.74, 6) is 0. The summed E-state index contributed by atoms with van der Waals surface area (Å²) in [6, 6.07) is 9.95. The molecule has 0 saturated heterocycles. The molecule has 0 aromatic heterocycles. The van der Waals surface area contributed by atoms with Crippen molar-refractivity contribution in [1.82, 2.24) is 0 Å². The standard InChI is InChI=1S/C27H29.C9H13.C9H18.2ClH.Zr/c1-16-7-9-26(3,4)24-12-18-11-19-13-25-21(17(2)8-10-27(25,5)6)15-23(19)22(18)14-20(16)24;1-9(2,3)8-6-4-5-7-8;1-3-5-7-9-8-6-4-2;;;/h7-9,12-15H,10-11H2,1-6H3;6-7H,4H2,1-3H3;3-8H2,1-2H3;2*1H;/q2*-1;;;;+2/p-2. The van der Waals surface area contributed by atoms with Crippen LogP contribution in [0.4, 0.5) is 0 Å². The molecule has 2 aromatic carbocycles. The number of halogens is 2. The summed E-state index contributed by atoms with van der Waals surface area (Å²) in [4.78, 5) is 0. The molecule has 0 bridgehead atoms. The van der Waals surface area contributed by atoms with Crippen LogP contribution in [0.5, 0.6) is 0 Å². The van der Waals surface area contributed by atoms with E-state index < -0.39 is 0 Å². The SMILES string of the molecule is CC(C)(C)C1=CC[C-]=C1.CC1=C[CH-]C(C)(C)c2cc3c(cc21)-c1cc2c(cc1C3)C(C)(C)CC=C2C.CCCC[C](=[Zr+2])CCCC.[Cl-].[Cl-]. The Morgan fingerprint density at radius 3 is 1.81 bits per heavy atom. The summed E-state index contributed by atoms with van der Waals surface area (Å²) in [6.45, 7) is 25.2. The van der Waals surface area contributed by atoms with E-state index >= 15 is 0 Å². The maximum atomic E-state index is 3.16. The first kappa shape index (κ1) is 42.8. The third-order valence-electron chi connectivity index (χ3n) is 10.3. The molecule has 0 spiro atoms. The molecule has 0 heterocycles. The van der Waals surface area contributed by atoms with Gasteiger partial charge in [-0.15, -0.1) is 18.9 Å². The maximum Gasteiger partial charge on any atom is -1.00 e. The summed E-state index contributed by atoms with van der Waals surface area (Å²) in [7, 11) is 0. The Kier molecular flexibility index (Phi) is 15.8. The topological polar surface area (TPSA) is 0 Å². The normalized spacial score (nSPS) is 17.1. The van der Waals surface area contributed by atoms with E-state index in [1.165, 1.54) is 99.8 Å². The van der Waals surface area contributed by atoms with Gasteiger partial charge in [0.1, 0.15) is 0 Å². The Morgan fingerprint density at radius 2 is 1.33 bits per heavy atom. The Bertz CT molecular complexity index is 1470. The molecule has 0 saturated carbocycles. The first-order valence-electron chi connectivity index (χ1n) is 18.0. The van der Waals surface area contributed by atoms with E-state index in [4.69, 9.17) is 0 Å². The number of hydrogen-bond acceptors (Lipinski definition) is 0. The van der Waals surface area contributed by atoms with E-state index in [-0.39, 0.29) is 35.6 Å². The van der Waals surface area contributed by atoms with Gasteiger partial charge in [0, 0.05) is 0 Å². The Labute approximate surface area is 322 Å². The van der Waals surface area contributed by atoms with E-state index in [1.54, 1.807) is 27.4 Å². The van der Waals surface area contributed by atoms with Gasteiger partial charge in [-0.05, 0) is 70.2 Å². The molecule has 4 aliphatic rings. The molecule has 48 heavy (non-hydrogen) atoms. The molecule has 0 N–H and O–H groups in total. The number of hydrogen-bond donors (Lipinski definition) is 0. The molecule has 0 nitrogen and oxygen atoms in total. The average molecular weight is 763 g/mol. The van der Waals surface area contributed by atoms with Crippen LogP contribution in [0, 0.1) is 17.9 Å². The summed E-state index contributed by atoms with van der Waals surface area (Å²) in [6.07, 6.45) is 26.1. The minimum atomic E-state index is 0. The van der Waals surface area contributed by atoms with Crippen LogP contribution in [0.3, 0.4) is 0 Å². The van der Waals surface area contributed by atoms with Gasteiger partial charge >= 0.3 is 79.8 Å². The molecule has 0 radical (unpaired) electrons. The van der Waals surface area contributed by atoms with Crippen molar-refractivity contribution in [2.75, 3.05) is 0 Å². The van der Waals surface area contributed by atoms with E-state index in [2.05, 4.69) is 137 Å². The monoisotopic (exact) mass is 760 g/mol. The number of rotatable bonds is 6. The maximum absolute atomic E-state index is 3.16. The molecular formula is C45H60Cl2Zr-2. The van der Waals surface area contributed by atoms with Crippen molar-refractivity contribution in [3.8, 4) is 11.1 Å². The zero-order valence-electron chi connectivity index (χ0n) is 31.8. The Hall–Kier alpha value is -1.40. The summed E-state index contributed by atoms with van der Waals surface area (Å²) < 4.78 is 1.79. The van der Waals surface area contributed by atoms with Crippen molar-refractivity contribution in [3.05, 3.63) is 100 Å². The second-order valence-corrected chi connectivity index (χ2v) is 18.0. The third-order valence-corrected chi connectivity index (χ3v) is 11.6. The van der Waals surface area contributed by atoms with Crippen LogP contribution in [0.1, 0.15) is 161 Å². The van der Waals surface area contributed by atoms with Gasteiger partial charge in [-0.25, -0.2) is 18.6 Å². The quantitative estimate of drug-likeness (QED) is 0.236. The van der Waals surface area contributed by atoms with Crippen LogP contribution < -0.4 is 24.8 Å². The van der Waals surface area contributed by atoms with Crippen molar-refractivity contribution in [1.29, 1.82) is 0 Å². The molecule has 0 unspecified atom stereocenters. The van der Waals surface area contributed by atoms with Gasteiger partial charge < -0.3 is 24.8 Å². The number of unbranched alkanes of at least 4 members (excludes halogenated alkanes) is 2. The predicted molar refractivity (Wildman–Crippen MR) is 201 cm³/mol. The molecule has 0 fully saturated rings. The second kappa shape index (κ2) is 17.7. The molecule has 260 valence electrons. The molecule has 6 rings (SSSR count). The van der Waals surface area contributed by atoms with Gasteiger partial charge in [-0.3, -0.25) is 6.08 Å². The minimum absolute atomic E-state index is 0. The largest absolute Gasteiger partial charge is 1.00 e. The van der Waals surface area contributed by atoms with E-state index in [1.807, 2.05) is 0 Å². The summed E-state index contributed by atoms with van der Waals surface area (Å²) in [5, 5.41) is 0. The van der Waals surface area contributed by atoms with Gasteiger partial charge in [0.2, 0.25) is 0 Å². The van der Waals surface area contributed by atoms with Crippen LogP contribution in [-0.2, 0) is 41.5 Å². The zero-order valence-corrected chi connectivity index (χ0v) is 35.8. The first-order valence-corrected chi connectivity index (χ1v) is 19.2. The van der Waals surface area contributed by atoms with E-state index in [0.29, 0.717) is 5.41 Å². The number of fused-ring (bicyclic) bond motifs is 5. The van der Waals surface area contributed by atoms with Crippen molar-refractivity contribution >= 4 is 14.4 Å². The van der Waals surface area contributed by atoms with Gasteiger partial charge in [0.25, 0.3) is 0 Å². The van der Waals surface area contributed by atoms with Crippen molar-refractivity contribution in [2.45, 2.75) is 145 Å². The van der Waals surface area contributed by atoms with E-state index in [0.717, 1.165) is 19.3 Å². The fraction of sp³-hybridized carbons (Fsp3) is 0.511. The minimum Gasteiger partial charge on any atom is -1.00 e.